The van der Waals surface area contributed by atoms with E-state index in [2.05, 4.69) is 10.6 Å². The molecule has 0 atom stereocenters. The minimum atomic E-state index is -0.282. The van der Waals surface area contributed by atoms with Crippen LogP contribution in [0, 0.1) is 0 Å². The smallest absolute Gasteiger partial charge is 0.262 e. The van der Waals surface area contributed by atoms with Gasteiger partial charge in [-0.1, -0.05) is 6.07 Å². The van der Waals surface area contributed by atoms with Crippen LogP contribution in [0.25, 0.3) is 0 Å². The predicted molar refractivity (Wildman–Crippen MR) is 81.5 cm³/mol. The molecule has 0 bridgehead atoms. The van der Waals surface area contributed by atoms with Gasteiger partial charge in [0.2, 0.25) is 0 Å². The zero-order chi connectivity index (χ0) is 15.5. The van der Waals surface area contributed by atoms with Crippen LogP contribution >= 0.6 is 0 Å². The summed E-state index contributed by atoms with van der Waals surface area (Å²) in [6, 6.07) is 11.9. The number of hydrogen-bond donors (Lipinski definition) is 2. The average molecular weight is 298 g/mol. The number of anilines is 2. The van der Waals surface area contributed by atoms with E-state index in [1.54, 1.807) is 49.6 Å². The largest absolute Gasteiger partial charge is 0.497 e. The van der Waals surface area contributed by atoms with E-state index in [1.165, 1.54) is 0 Å². The minimum Gasteiger partial charge on any atom is -0.497 e. The molecule has 1 aliphatic heterocycles. The van der Waals surface area contributed by atoms with Crippen molar-refractivity contribution in [1.82, 2.24) is 0 Å². The molecule has 2 N–H and O–H groups in total. The van der Waals surface area contributed by atoms with Gasteiger partial charge >= 0.3 is 0 Å². The highest BCUT2D eigenvalue weighted by molar-refractivity contribution is 6.08. The molecule has 0 spiro atoms. The second kappa shape index (κ2) is 5.77. The lowest BCUT2D eigenvalue weighted by Gasteiger charge is -2.20. The lowest BCUT2D eigenvalue weighted by Crippen LogP contribution is -2.26. The number of para-hydroxylation sites is 1. The van der Waals surface area contributed by atoms with Gasteiger partial charge in [-0.05, 0) is 36.4 Å². The number of ether oxygens (including phenoxy) is 2. The van der Waals surface area contributed by atoms with Gasteiger partial charge in [0.15, 0.2) is 6.61 Å². The van der Waals surface area contributed by atoms with E-state index in [0.717, 1.165) is 0 Å². The van der Waals surface area contributed by atoms with Crippen LogP contribution in [0.4, 0.5) is 11.4 Å². The number of rotatable bonds is 3. The highest BCUT2D eigenvalue weighted by Crippen LogP contribution is 2.35. The fraction of sp³-hybridized carbons (Fsp3) is 0.125. The molecule has 0 fully saturated rings. The molecule has 112 valence electrons. The van der Waals surface area contributed by atoms with E-state index in [0.29, 0.717) is 28.4 Å². The minimum absolute atomic E-state index is 0.0249. The molecule has 2 amide bonds. The zero-order valence-electron chi connectivity index (χ0n) is 11.9. The molecule has 0 saturated carbocycles. The number of benzene rings is 2. The number of carbonyl (C=O) groups is 2. The van der Waals surface area contributed by atoms with E-state index in [-0.39, 0.29) is 18.4 Å². The monoisotopic (exact) mass is 298 g/mol. The van der Waals surface area contributed by atoms with Crippen LogP contribution in [0.3, 0.4) is 0 Å². The van der Waals surface area contributed by atoms with Gasteiger partial charge in [0.1, 0.15) is 17.2 Å². The Hall–Kier alpha value is -3.02. The Morgan fingerprint density at radius 3 is 2.73 bits per heavy atom. The van der Waals surface area contributed by atoms with Crippen molar-refractivity contribution in [3.63, 3.8) is 0 Å². The molecule has 6 nitrogen and oxygen atoms in total. The highest BCUT2D eigenvalue weighted by Gasteiger charge is 2.20. The fourth-order valence-corrected chi connectivity index (χ4v) is 2.14. The summed E-state index contributed by atoms with van der Waals surface area (Å²) in [5, 5.41) is 5.47. The normalized spacial score (nSPS) is 12.7. The lowest BCUT2D eigenvalue weighted by atomic mass is 10.1. The maximum Gasteiger partial charge on any atom is 0.262 e. The number of fused-ring (bicyclic) bond motifs is 1. The van der Waals surface area contributed by atoms with E-state index in [9.17, 15) is 9.59 Å². The Balaban J connectivity index is 1.83. The van der Waals surface area contributed by atoms with E-state index >= 15 is 0 Å². The van der Waals surface area contributed by atoms with Crippen LogP contribution in [0.5, 0.6) is 11.5 Å². The molecule has 6 heteroatoms. The summed E-state index contributed by atoms with van der Waals surface area (Å²) in [6.45, 7) is -0.0249. The van der Waals surface area contributed by atoms with Crippen LogP contribution in [-0.4, -0.2) is 25.5 Å². The topological polar surface area (TPSA) is 76.7 Å². The maximum absolute atomic E-state index is 12.3. The number of carbonyl (C=O) groups excluding carboxylic acids is 2. The molecule has 0 unspecified atom stereocenters. The summed E-state index contributed by atoms with van der Waals surface area (Å²) in [5.74, 6) is 0.677. The van der Waals surface area contributed by atoms with Crippen molar-refractivity contribution in [2.24, 2.45) is 0 Å². The number of hydrogen-bond acceptors (Lipinski definition) is 4. The maximum atomic E-state index is 12.3. The molecule has 0 saturated heterocycles. The molecule has 0 radical (unpaired) electrons. The quantitative estimate of drug-likeness (QED) is 0.911. The first-order valence-corrected chi connectivity index (χ1v) is 6.68. The van der Waals surface area contributed by atoms with Crippen LogP contribution in [0.1, 0.15) is 10.4 Å². The second-order valence-corrected chi connectivity index (χ2v) is 4.70. The molecule has 0 aromatic heterocycles. The summed E-state index contributed by atoms with van der Waals surface area (Å²) in [6.07, 6.45) is 0. The van der Waals surface area contributed by atoms with Crippen LogP contribution in [0.2, 0.25) is 0 Å². The Bertz CT molecular complexity index is 725. The van der Waals surface area contributed by atoms with Gasteiger partial charge in [-0.25, -0.2) is 0 Å². The number of nitrogens with one attached hydrogen (secondary N) is 2. The third kappa shape index (κ3) is 2.71. The molecule has 2 aromatic carbocycles. The number of methoxy groups -OCH3 is 1. The van der Waals surface area contributed by atoms with Crippen LogP contribution in [-0.2, 0) is 4.79 Å². The standard InChI is InChI=1S/C16H14N2O4/c1-21-11-7-5-10(6-8-11)16(20)17-12-3-2-4-13-15(12)18-14(19)9-22-13/h2-8H,9H2,1H3,(H,17,20)(H,18,19). The third-order valence-corrected chi connectivity index (χ3v) is 3.25. The molecule has 2 aromatic rings. The zero-order valence-corrected chi connectivity index (χ0v) is 11.9. The Kier molecular flexibility index (Phi) is 3.65. The van der Waals surface area contributed by atoms with Crippen molar-refractivity contribution < 1.29 is 19.1 Å². The van der Waals surface area contributed by atoms with Gasteiger partial charge in [0, 0.05) is 5.56 Å². The Morgan fingerprint density at radius 1 is 1.23 bits per heavy atom. The second-order valence-electron chi connectivity index (χ2n) is 4.70. The molecule has 22 heavy (non-hydrogen) atoms. The van der Waals surface area contributed by atoms with Gasteiger partial charge in [-0.2, -0.15) is 0 Å². The first-order valence-electron chi connectivity index (χ1n) is 6.68. The van der Waals surface area contributed by atoms with Gasteiger partial charge in [0.25, 0.3) is 11.8 Å². The van der Waals surface area contributed by atoms with Crippen molar-refractivity contribution in [1.29, 1.82) is 0 Å². The van der Waals surface area contributed by atoms with E-state index in [1.807, 2.05) is 0 Å². The third-order valence-electron chi connectivity index (χ3n) is 3.25. The van der Waals surface area contributed by atoms with Crippen molar-refractivity contribution in [3.05, 3.63) is 48.0 Å². The van der Waals surface area contributed by atoms with Gasteiger partial charge in [0.05, 0.1) is 12.8 Å². The van der Waals surface area contributed by atoms with Crippen LogP contribution < -0.4 is 20.1 Å². The molecule has 1 heterocycles. The fourth-order valence-electron chi connectivity index (χ4n) is 2.14. The lowest BCUT2D eigenvalue weighted by molar-refractivity contribution is -0.118. The summed E-state index contributed by atoms with van der Waals surface area (Å²) >= 11 is 0. The molecular weight excluding hydrogens is 284 g/mol. The molecule has 3 rings (SSSR count). The van der Waals surface area contributed by atoms with Crippen molar-refractivity contribution in [2.45, 2.75) is 0 Å². The summed E-state index contributed by atoms with van der Waals surface area (Å²) in [5.41, 5.74) is 1.45. The first-order chi connectivity index (χ1) is 10.7. The van der Waals surface area contributed by atoms with Crippen molar-refractivity contribution in [2.75, 3.05) is 24.4 Å². The molecular formula is C16H14N2O4. The van der Waals surface area contributed by atoms with Crippen LogP contribution in [0.15, 0.2) is 42.5 Å². The summed E-state index contributed by atoms with van der Waals surface area (Å²) in [4.78, 5) is 23.7. The van der Waals surface area contributed by atoms with Gasteiger partial charge in [-0.3, -0.25) is 9.59 Å². The first kappa shape index (κ1) is 13.9. The Morgan fingerprint density at radius 2 is 2.00 bits per heavy atom. The van der Waals surface area contributed by atoms with E-state index < -0.39 is 0 Å². The van der Waals surface area contributed by atoms with Crippen molar-refractivity contribution in [3.8, 4) is 11.5 Å². The molecule has 1 aliphatic rings. The average Bonchev–Trinajstić information content (AvgIpc) is 2.55. The van der Waals surface area contributed by atoms with Gasteiger partial charge < -0.3 is 20.1 Å². The number of amides is 2. The SMILES string of the molecule is COc1ccc(C(=O)Nc2cccc3c2NC(=O)CO3)cc1. The summed E-state index contributed by atoms with van der Waals surface area (Å²) < 4.78 is 10.4. The Labute approximate surface area is 127 Å². The molecule has 0 aliphatic carbocycles. The summed E-state index contributed by atoms with van der Waals surface area (Å²) in [7, 11) is 1.56. The van der Waals surface area contributed by atoms with E-state index in [4.69, 9.17) is 9.47 Å². The van der Waals surface area contributed by atoms with Gasteiger partial charge in [-0.15, -0.1) is 0 Å². The predicted octanol–water partition coefficient (Wildman–Crippen LogP) is 2.28. The van der Waals surface area contributed by atoms with Crippen molar-refractivity contribution >= 4 is 23.2 Å². The highest BCUT2D eigenvalue weighted by atomic mass is 16.5.